The average molecular weight is 273 g/mol. The average Bonchev–Trinajstić information content (AvgIpc) is 2.91. The Bertz CT molecular complexity index is 636. The molecule has 6 heteroatoms. The van der Waals surface area contributed by atoms with E-state index in [1.807, 2.05) is 18.2 Å². The van der Waals surface area contributed by atoms with E-state index in [9.17, 15) is 4.79 Å². The molecule has 2 heterocycles. The second kappa shape index (κ2) is 5.24. The number of benzene rings is 1. The van der Waals surface area contributed by atoms with E-state index in [0.717, 1.165) is 11.3 Å². The van der Waals surface area contributed by atoms with E-state index in [4.69, 9.17) is 9.47 Å². The predicted octanol–water partition coefficient (Wildman–Crippen LogP) is 1.42. The van der Waals surface area contributed by atoms with Gasteiger partial charge in [-0.15, -0.1) is 0 Å². The lowest BCUT2D eigenvalue weighted by Crippen LogP contribution is -2.24. The van der Waals surface area contributed by atoms with Crippen LogP contribution in [0.15, 0.2) is 24.4 Å². The molecule has 0 bridgehead atoms. The van der Waals surface area contributed by atoms with E-state index in [0.29, 0.717) is 37.0 Å². The summed E-state index contributed by atoms with van der Waals surface area (Å²) in [6, 6.07) is 5.65. The maximum absolute atomic E-state index is 11.9. The number of nitrogens with zero attached hydrogens (tertiary/aromatic N) is 1. The fourth-order valence-corrected chi connectivity index (χ4v) is 2.08. The zero-order valence-corrected chi connectivity index (χ0v) is 11.1. The van der Waals surface area contributed by atoms with Gasteiger partial charge in [0.15, 0.2) is 11.5 Å². The maximum Gasteiger partial charge on any atom is 0.269 e. The SMILES string of the molecule is Cc1ncc(C(=O)NCc2cccc3c2OCCO3)[nH]1. The number of nitrogens with one attached hydrogen (secondary N) is 2. The van der Waals surface area contributed by atoms with Crippen LogP contribution < -0.4 is 14.8 Å². The number of carbonyl (C=O) groups excluding carboxylic acids is 1. The summed E-state index contributed by atoms with van der Waals surface area (Å²) in [5, 5.41) is 2.83. The number of ether oxygens (including phenoxy) is 2. The fourth-order valence-electron chi connectivity index (χ4n) is 2.08. The summed E-state index contributed by atoms with van der Waals surface area (Å²) in [6.45, 7) is 3.26. The topological polar surface area (TPSA) is 76.2 Å². The van der Waals surface area contributed by atoms with E-state index >= 15 is 0 Å². The molecule has 3 rings (SSSR count). The van der Waals surface area contributed by atoms with Crippen molar-refractivity contribution in [3.8, 4) is 11.5 Å². The lowest BCUT2D eigenvalue weighted by molar-refractivity contribution is 0.0945. The van der Waals surface area contributed by atoms with Crippen LogP contribution in [0, 0.1) is 6.92 Å². The minimum atomic E-state index is -0.195. The van der Waals surface area contributed by atoms with E-state index in [-0.39, 0.29) is 5.91 Å². The predicted molar refractivity (Wildman–Crippen MR) is 71.9 cm³/mol. The van der Waals surface area contributed by atoms with Crippen molar-refractivity contribution in [3.63, 3.8) is 0 Å². The summed E-state index contributed by atoms with van der Waals surface area (Å²) >= 11 is 0. The summed E-state index contributed by atoms with van der Waals surface area (Å²) in [5.74, 6) is 1.95. The van der Waals surface area contributed by atoms with Gasteiger partial charge in [0.05, 0.1) is 6.20 Å². The monoisotopic (exact) mass is 273 g/mol. The molecule has 0 atom stereocenters. The molecular formula is C14H15N3O3. The molecule has 0 aliphatic carbocycles. The minimum Gasteiger partial charge on any atom is -0.486 e. The Kier molecular flexibility index (Phi) is 3.28. The Hall–Kier alpha value is -2.50. The minimum absolute atomic E-state index is 0.195. The number of para-hydroxylation sites is 1. The molecule has 2 aromatic rings. The lowest BCUT2D eigenvalue weighted by atomic mass is 10.1. The highest BCUT2D eigenvalue weighted by atomic mass is 16.6. The highest BCUT2D eigenvalue weighted by molar-refractivity contribution is 5.92. The molecule has 1 aromatic carbocycles. The van der Waals surface area contributed by atoms with Crippen molar-refractivity contribution in [2.24, 2.45) is 0 Å². The molecule has 20 heavy (non-hydrogen) atoms. The van der Waals surface area contributed by atoms with Crippen LogP contribution in [0.3, 0.4) is 0 Å². The zero-order valence-electron chi connectivity index (χ0n) is 11.1. The Labute approximate surface area is 116 Å². The van der Waals surface area contributed by atoms with Crippen molar-refractivity contribution in [2.75, 3.05) is 13.2 Å². The third kappa shape index (κ3) is 2.45. The first-order chi connectivity index (χ1) is 9.74. The first-order valence-electron chi connectivity index (χ1n) is 6.41. The number of hydrogen-bond donors (Lipinski definition) is 2. The quantitative estimate of drug-likeness (QED) is 0.886. The normalized spacial score (nSPS) is 13.1. The first kappa shape index (κ1) is 12.5. The zero-order chi connectivity index (χ0) is 13.9. The van der Waals surface area contributed by atoms with Crippen LogP contribution in [0.1, 0.15) is 21.9 Å². The number of H-pyrrole nitrogens is 1. The van der Waals surface area contributed by atoms with Gasteiger partial charge in [0.1, 0.15) is 24.7 Å². The van der Waals surface area contributed by atoms with Gasteiger partial charge in [-0.3, -0.25) is 4.79 Å². The van der Waals surface area contributed by atoms with E-state index in [1.165, 1.54) is 6.20 Å². The second-order valence-corrected chi connectivity index (χ2v) is 4.51. The molecule has 2 N–H and O–H groups in total. The van der Waals surface area contributed by atoms with Crippen LogP contribution in [0.2, 0.25) is 0 Å². The number of imidazole rings is 1. The number of rotatable bonds is 3. The van der Waals surface area contributed by atoms with Gasteiger partial charge in [0, 0.05) is 12.1 Å². The van der Waals surface area contributed by atoms with Crippen LogP contribution in [0.5, 0.6) is 11.5 Å². The summed E-state index contributed by atoms with van der Waals surface area (Å²) in [6.07, 6.45) is 1.52. The second-order valence-electron chi connectivity index (χ2n) is 4.51. The number of aryl methyl sites for hydroxylation is 1. The van der Waals surface area contributed by atoms with Gasteiger partial charge in [-0.2, -0.15) is 0 Å². The molecule has 104 valence electrons. The van der Waals surface area contributed by atoms with E-state index in [1.54, 1.807) is 6.92 Å². The van der Waals surface area contributed by atoms with Gasteiger partial charge < -0.3 is 19.8 Å². The smallest absolute Gasteiger partial charge is 0.269 e. The Morgan fingerprint density at radius 1 is 1.40 bits per heavy atom. The molecule has 0 fully saturated rings. The number of aromatic amines is 1. The van der Waals surface area contributed by atoms with Crippen molar-refractivity contribution in [1.82, 2.24) is 15.3 Å². The van der Waals surface area contributed by atoms with Gasteiger partial charge in [-0.05, 0) is 13.0 Å². The molecule has 0 radical (unpaired) electrons. The summed E-state index contributed by atoms with van der Waals surface area (Å²) < 4.78 is 11.1. The van der Waals surface area contributed by atoms with Gasteiger partial charge in [0.2, 0.25) is 0 Å². The largest absolute Gasteiger partial charge is 0.486 e. The highest BCUT2D eigenvalue weighted by Crippen LogP contribution is 2.33. The van der Waals surface area contributed by atoms with Crippen LogP contribution in [-0.4, -0.2) is 29.1 Å². The Morgan fingerprint density at radius 3 is 3.05 bits per heavy atom. The molecule has 1 aliphatic rings. The Balaban J connectivity index is 1.71. The van der Waals surface area contributed by atoms with E-state index < -0.39 is 0 Å². The number of carbonyl (C=O) groups is 1. The van der Waals surface area contributed by atoms with Crippen LogP contribution >= 0.6 is 0 Å². The highest BCUT2D eigenvalue weighted by Gasteiger charge is 2.16. The summed E-state index contributed by atoms with van der Waals surface area (Å²) in [5.41, 5.74) is 1.34. The number of fused-ring (bicyclic) bond motifs is 1. The molecule has 0 unspecified atom stereocenters. The van der Waals surface area contributed by atoms with Crippen LogP contribution in [0.4, 0.5) is 0 Å². The standard InChI is InChI=1S/C14H15N3O3/c1-9-15-8-11(17-9)14(18)16-7-10-3-2-4-12-13(10)20-6-5-19-12/h2-4,8H,5-7H2,1H3,(H,15,17)(H,16,18). The first-order valence-corrected chi connectivity index (χ1v) is 6.41. The summed E-state index contributed by atoms with van der Waals surface area (Å²) in [7, 11) is 0. The molecule has 1 aliphatic heterocycles. The molecule has 0 spiro atoms. The van der Waals surface area contributed by atoms with Gasteiger partial charge >= 0.3 is 0 Å². The van der Waals surface area contributed by atoms with E-state index in [2.05, 4.69) is 15.3 Å². The number of aromatic nitrogens is 2. The Morgan fingerprint density at radius 2 is 2.25 bits per heavy atom. The van der Waals surface area contributed by atoms with Crippen molar-refractivity contribution >= 4 is 5.91 Å². The molecule has 1 amide bonds. The number of amides is 1. The third-order valence-corrected chi connectivity index (χ3v) is 3.03. The maximum atomic E-state index is 11.9. The molecule has 0 saturated carbocycles. The lowest BCUT2D eigenvalue weighted by Gasteiger charge is -2.21. The third-order valence-electron chi connectivity index (χ3n) is 3.03. The fraction of sp³-hybridized carbons (Fsp3) is 0.286. The van der Waals surface area contributed by atoms with Gasteiger partial charge in [0.25, 0.3) is 5.91 Å². The van der Waals surface area contributed by atoms with Gasteiger partial charge in [-0.25, -0.2) is 4.98 Å². The van der Waals surface area contributed by atoms with Crippen molar-refractivity contribution in [3.05, 3.63) is 41.5 Å². The van der Waals surface area contributed by atoms with Gasteiger partial charge in [-0.1, -0.05) is 12.1 Å². The molecule has 0 saturated heterocycles. The molecule has 1 aromatic heterocycles. The molecule has 6 nitrogen and oxygen atoms in total. The van der Waals surface area contributed by atoms with Crippen molar-refractivity contribution in [1.29, 1.82) is 0 Å². The van der Waals surface area contributed by atoms with Crippen molar-refractivity contribution < 1.29 is 14.3 Å². The summed E-state index contributed by atoms with van der Waals surface area (Å²) in [4.78, 5) is 18.8. The van der Waals surface area contributed by atoms with Crippen molar-refractivity contribution in [2.45, 2.75) is 13.5 Å². The number of hydrogen-bond acceptors (Lipinski definition) is 4. The van der Waals surface area contributed by atoms with Crippen LogP contribution in [0.25, 0.3) is 0 Å². The molecular weight excluding hydrogens is 258 g/mol. The van der Waals surface area contributed by atoms with Crippen LogP contribution in [-0.2, 0) is 6.54 Å².